The molecule has 0 spiro atoms. The van der Waals surface area contributed by atoms with Crippen LogP contribution in [0.3, 0.4) is 0 Å². The summed E-state index contributed by atoms with van der Waals surface area (Å²) in [7, 11) is 0. The summed E-state index contributed by atoms with van der Waals surface area (Å²) < 4.78 is 13.2. The van der Waals surface area contributed by atoms with E-state index < -0.39 is 0 Å². The molecule has 19 heavy (non-hydrogen) atoms. The van der Waals surface area contributed by atoms with Crippen molar-refractivity contribution in [3.8, 4) is 0 Å². The van der Waals surface area contributed by atoms with Gasteiger partial charge < -0.3 is 9.47 Å². The first kappa shape index (κ1) is 13.7. The Balaban J connectivity index is 1.68. The van der Waals surface area contributed by atoms with Gasteiger partial charge in [0.25, 0.3) is 0 Å². The van der Waals surface area contributed by atoms with Crippen molar-refractivity contribution in [2.24, 2.45) is 11.8 Å². The number of hydrogen-bond acceptors (Lipinski definition) is 2. The third-order valence-corrected chi connectivity index (χ3v) is 4.95. The van der Waals surface area contributed by atoms with E-state index in [0.717, 1.165) is 16.7 Å². The molecule has 1 aliphatic carbocycles. The molecule has 1 saturated heterocycles. The number of halogens is 2. The van der Waals surface area contributed by atoms with Gasteiger partial charge in [0.1, 0.15) is 18.0 Å². The Morgan fingerprint density at radius 3 is 2.89 bits per heavy atom. The Morgan fingerprint density at radius 2 is 2.21 bits per heavy atom. The van der Waals surface area contributed by atoms with E-state index in [4.69, 9.17) is 9.47 Å². The van der Waals surface area contributed by atoms with Gasteiger partial charge in [-0.05, 0) is 41.3 Å². The molecule has 0 amide bonds. The number of fused-ring (bicyclic) bond motifs is 1. The molecule has 3 aliphatic rings. The molecular formula is C15H16Br2O2. The van der Waals surface area contributed by atoms with E-state index in [9.17, 15) is 0 Å². The predicted octanol–water partition coefficient (Wildman–Crippen LogP) is 4.43. The first-order chi connectivity index (χ1) is 9.24. The number of allylic oxidation sites excluding steroid dienone is 3. The summed E-state index contributed by atoms with van der Waals surface area (Å²) in [4.78, 5) is 1.72. The second-order valence-corrected chi connectivity index (χ2v) is 6.49. The molecule has 3 rings (SSSR count). The summed E-state index contributed by atoms with van der Waals surface area (Å²) in [6, 6.07) is 0. The van der Waals surface area contributed by atoms with Crippen molar-refractivity contribution in [1.29, 1.82) is 0 Å². The lowest BCUT2D eigenvalue weighted by Crippen LogP contribution is -2.16. The van der Waals surface area contributed by atoms with E-state index in [1.165, 1.54) is 6.42 Å². The van der Waals surface area contributed by atoms with Crippen LogP contribution in [-0.2, 0) is 9.47 Å². The van der Waals surface area contributed by atoms with Crippen LogP contribution in [0.2, 0.25) is 0 Å². The Morgan fingerprint density at radius 1 is 1.37 bits per heavy atom. The summed E-state index contributed by atoms with van der Waals surface area (Å²) in [6.45, 7) is 2.07. The van der Waals surface area contributed by atoms with Crippen molar-refractivity contribution >= 4 is 31.9 Å². The smallest absolute Gasteiger partial charge is 0.132 e. The quantitative estimate of drug-likeness (QED) is 0.527. The van der Waals surface area contributed by atoms with Crippen molar-refractivity contribution < 1.29 is 9.47 Å². The summed E-state index contributed by atoms with van der Waals surface area (Å²) in [6.07, 6.45) is 8.76. The Hall–Kier alpha value is -0.280. The monoisotopic (exact) mass is 386 g/mol. The summed E-state index contributed by atoms with van der Waals surface area (Å²) in [5.74, 6) is 2.33. The summed E-state index contributed by atoms with van der Waals surface area (Å²) in [5, 5.41) is 0. The molecule has 0 aromatic heterocycles. The fraction of sp³-hybridized carbons (Fsp3) is 0.533. The lowest BCUT2D eigenvalue weighted by molar-refractivity contribution is 0.0618. The van der Waals surface area contributed by atoms with Gasteiger partial charge in [-0.25, -0.2) is 0 Å². The normalized spacial score (nSPS) is 40.1. The second kappa shape index (κ2) is 5.61. The zero-order valence-electron chi connectivity index (χ0n) is 10.7. The molecular weight excluding hydrogens is 372 g/mol. The molecule has 2 aliphatic heterocycles. The molecule has 5 atom stereocenters. The first-order valence-corrected chi connectivity index (χ1v) is 8.31. The van der Waals surface area contributed by atoms with Crippen LogP contribution in [0.25, 0.3) is 0 Å². The van der Waals surface area contributed by atoms with E-state index in [0.29, 0.717) is 11.8 Å². The standard InChI is InChI=1S/C15H16Br2O2/c1-2-4-9-7-11(9)14-13(17)15-12(19-14)8-10(18-15)5-3-6-16/h2,4-6,9-12,15H,7-8H2,1H3. The molecule has 5 unspecified atom stereocenters. The molecule has 2 fully saturated rings. The van der Waals surface area contributed by atoms with Crippen LogP contribution in [0.4, 0.5) is 0 Å². The minimum absolute atomic E-state index is 0.0697. The second-order valence-electron chi connectivity index (χ2n) is 5.17. The molecule has 2 heterocycles. The van der Waals surface area contributed by atoms with Crippen LogP contribution in [0.15, 0.2) is 39.2 Å². The van der Waals surface area contributed by atoms with Crippen LogP contribution in [0.1, 0.15) is 19.8 Å². The maximum Gasteiger partial charge on any atom is 0.132 e. The number of rotatable bonds is 3. The van der Waals surface area contributed by atoms with Gasteiger partial charge in [-0.3, -0.25) is 0 Å². The van der Waals surface area contributed by atoms with Crippen molar-refractivity contribution in [2.75, 3.05) is 0 Å². The third-order valence-electron chi connectivity index (χ3n) is 3.85. The van der Waals surface area contributed by atoms with Crippen LogP contribution in [0, 0.1) is 11.8 Å². The Bertz CT molecular complexity index is 488. The first-order valence-electron chi connectivity index (χ1n) is 6.60. The predicted molar refractivity (Wildman–Crippen MR) is 82.1 cm³/mol. The highest BCUT2D eigenvalue weighted by Crippen LogP contribution is 2.53. The van der Waals surface area contributed by atoms with Gasteiger partial charge in [-0.15, -0.1) is 5.73 Å². The van der Waals surface area contributed by atoms with Gasteiger partial charge in [0.2, 0.25) is 0 Å². The molecule has 2 nitrogen and oxygen atoms in total. The molecule has 0 bridgehead atoms. The largest absolute Gasteiger partial charge is 0.490 e. The van der Waals surface area contributed by atoms with Gasteiger partial charge in [0.15, 0.2) is 0 Å². The van der Waals surface area contributed by atoms with Gasteiger partial charge in [0, 0.05) is 17.3 Å². The molecule has 102 valence electrons. The zero-order chi connectivity index (χ0) is 13.4. The summed E-state index contributed by atoms with van der Waals surface area (Å²) in [5.41, 5.74) is 3.01. The zero-order valence-corrected chi connectivity index (χ0v) is 13.9. The number of hydrogen-bond donors (Lipinski definition) is 0. The van der Waals surface area contributed by atoms with Crippen molar-refractivity contribution in [1.82, 2.24) is 0 Å². The highest BCUT2D eigenvalue weighted by atomic mass is 79.9. The fourth-order valence-electron chi connectivity index (χ4n) is 2.87. The maximum absolute atomic E-state index is 6.11. The topological polar surface area (TPSA) is 18.5 Å². The van der Waals surface area contributed by atoms with Gasteiger partial charge in [-0.2, -0.15) is 0 Å². The highest BCUT2D eigenvalue weighted by molar-refractivity contribution is 9.11. The minimum atomic E-state index is 0.0697. The minimum Gasteiger partial charge on any atom is -0.490 e. The molecule has 1 saturated carbocycles. The van der Waals surface area contributed by atoms with Gasteiger partial charge in [-0.1, -0.05) is 28.1 Å². The summed E-state index contributed by atoms with van der Waals surface area (Å²) >= 11 is 6.89. The molecule has 0 aromatic carbocycles. The van der Waals surface area contributed by atoms with E-state index in [2.05, 4.69) is 56.7 Å². The Labute approximate surface area is 130 Å². The Kier molecular flexibility index (Phi) is 4.04. The van der Waals surface area contributed by atoms with Gasteiger partial charge >= 0.3 is 0 Å². The SMILES string of the molecule is CC=CC1CC1C1=C(Br)C2OC(C=C=CBr)CC2O1. The molecule has 0 N–H and O–H groups in total. The van der Waals surface area contributed by atoms with Crippen LogP contribution >= 0.6 is 31.9 Å². The lowest BCUT2D eigenvalue weighted by Gasteiger charge is -2.09. The van der Waals surface area contributed by atoms with E-state index in [1.54, 1.807) is 4.99 Å². The molecule has 4 heteroatoms. The molecule has 0 radical (unpaired) electrons. The van der Waals surface area contributed by atoms with E-state index in [1.807, 2.05) is 6.08 Å². The lowest BCUT2D eigenvalue weighted by atomic mass is 10.1. The average molecular weight is 388 g/mol. The van der Waals surface area contributed by atoms with Crippen molar-refractivity contribution in [2.45, 2.75) is 38.1 Å². The van der Waals surface area contributed by atoms with Crippen molar-refractivity contribution in [3.05, 3.63) is 39.2 Å². The maximum atomic E-state index is 6.11. The molecule has 0 aromatic rings. The van der Waals surface area contributed by atoms with Crippen LogP contribution < -0.4 is 0 Å². The van der Waals surface area contributed by atoms with Gasteiger partial charge in [0.05, 0.1) is 10.6 Å². The van der Waals surface area contributed by atoms with Crippen molar-refractivity contribution in [3.63, 3.8) is 0 Å². The highest BCUT2D eigenvalue weighted by Gasteiger charge is 2.50. The van der Waals surface area contributed by atoms with E-state index in [-0.39, 0.29) is 18.3 Å². The van der Waals surface area contributed by atoms with E-state index >= 15 is 0 Å². The van der Waals surface area contributed by atoms with Crippen LogP contribution in [-0.4, -0.2) is 18.3 Å². The fourth-order valence-corrected chi connectivity index (χ4v) is 3.81. The number of ether oxygens (including phenoxy) is 2. The van der Waals surface area contributed by atoms with Crippen LogP contribution in [0.5, 0.6) is 0 Å². The third kappa shape index (κ3) is 2.64. The average Bonchev–Trinajstić information content (AvgIpc) is 2.93.